The Labute approximate surface area is 148 Å². The minimum Gasteiger partial charge on any atom is -0.325 e. The lowest BCUT2D eigenvalue weighted by Gasteiger charge is -2.19. The summed E-state index contributed by atoms with van der Waals surface area (Å²) in [6.07, 6.45) is -1.79. The maximum absolute atomic E-state index is 13.5. The van der Waals surface area contributed by atoms with Gasteiger partial charge in [0.2, 0.25) is 5.91 Å². The highest BCUT2D eigenvalue weighted by Crippen LogP contribution is 2.46. The van der Waals surface area contributed by atoms with Gasteiger partial charge in [0, 0.05) is 5.69 Å². The van der Waals surface area contributed by atoms with Crippen LogP contribution < -0.4 is 5.32 Å². The van der Waals surface area contributed by atoms with Gasteiger partial charge in [-0.3, -0.25) is 4.79 Å². The zero-order chi connectivity index (χ0) is 18.5. The van der Waals surface area contributed by atoms with Crippen LogP contribution in [0.4, 0.5) is 23.2 Å². The Morgan fingerprint density at radius 2 is 1.73 bits per heavy atom. The highest BCUT2D eigenvalue weighted by atomic mass is 19.4. The summed E-state index contributed by atoms with van der Waals surface area (Å²) in [5.74, 6) is -1.08. The Bertz CT molecular complexity index is 871. The molecule has 4 rings (SSSR count). The molecule has 2 aliphatic rings. The van der Waals surface area contributed by atoms with E-state index in [2.05, 4.69) is 5.32 Å². The van der Waals surface area contributed by atoms with E-state index in [1.165, 1.54) is 30.3 Å². The Morgan fingerprint density at radius 3 is 2.42 bits per heavy atom. The number of nitrogens with one attached hydrogen (secondary N) is 1. The lowest BCUT2D eigenvalue weighted by molar-refractivity contribution is -0.137. The molecule has 136 valence electrons. The number of benzene rings is 2. The molecule has 1 N–H and O–H groups in total. The van der Waals surface area contributed by atoms with Gasteiger partial charge in [0.1, 0.15) is 5.82 Å². The molecule has 0 radical (unpaired) electrons. The molecule has 2 aromatic carbocycles. The fourth-order valence-electron chi connectivity index (χ4n) is 3.65. The molecule has 1 aliphatic heterocycles. The smallest absolute Gasteiger partial charge is 0.325 e. The fourth-order valence-corrected chi connectivity index (χ4v) is 3.65. The maximum atomic E-state index is 13.5. The van der Waals surface area contributed by atoms with Crippen LogP contribution in [0.3, 0.4) is 0 Å². The molecular formula is C20H17F4NO. The second kappa shape index (κ2) is 6.11. The summed E-state index contributed by atoms with van der Waals surface area (Å²) in [6.45, 7) is 0. The van der Waals surface area contributed by atoms with E-state index in [-0.39, 0.29) is 17.6 Å². The number of carbonyl (C=O) groups excluding carboxylic acids is 1. The normalized spacial score (nSPS) is 20.3. The first-order valence-corrected chi connectivity index (χ1v) is 8.63. The SMILES string of the molecule is O=C1Nc2ccc(F)cc2CCC1c1ccc(C(F)(F)F)cc1C1CC1. The molecule has 2 nitrogen and oxygen atoms in total. The Kier molecular flexibility index (Phi) is 4.01. The predicted molar refractivity (Wildman–Crippen MR) is 89.5 cm³/mol. The molecule has 1 saturated carbocycles. The largest absolute Gasteiger partial charge is 0.416 e. The number of aryl methyl sites for hydroxylation is 1. The number of alkyl halides is 3. The van der Waals surface area contributed by atoms with Crippen molar-refractivity contribution in [3.63, 3.8) is 0 Å². The second-order valence-corrected chi connectivity index (χ2v) is 7.00. The van der Waals surface area contributed by atoms with Crippen LogP contribution in [-0.4, -0.2) is 5.91 Å². The summed E-state index contributed by atoms with van der Waals surface area (Å²) in [6, 6.07) is 7.89. The van der Waals surface area contributed by atoms with E-state index in [1.54, 1.807) is 0 Å². The molecule has 0 aromatic heterocycles. The van der Waals surface area contributed by atoms with Crippen LogP contribution in [0.15, 0.2) is 36.4 Å². The third-order valence-electron chi connectivity index (χ3n) is 5.15. The van der Waals surface area contributed by atoms with Crippen LogP contribution in [0.25, 0.3) is 0 Å². The summed E-state index contributed by atoms with van der Waals surface area (Å²) in [4.78, 5) is 12.7. The lowest BCUT2D eigenvalue weighted by atomic mass is 9.86. The van der Waals surface area contributed by atoms with Crippen molar-refractivity contribution in [3.8, 4) is 0 Å². The summed E-state index contributed by atoms with van der Waals surface area (Å²) < 4.78 is 52.7. The van der Waals surface area contributed by atoms with Crippen LogP contribution in [0.1, 0.15) is 53.4 Å². The monoisotopic (exact) mass is 363 g/mol. The van der Waals surface area contributed by atoms with E-state index in [4.69, 9.17) is 0 Å². The van der Waals surface area contributed by atoms with E-state index in [0.29, 0.717) is 35.2 Å². The van der Waals surface area contributed by atoms with Crippen molar-refractivity contribution in [2.24, 2.45) is 0 Å². The molecule has 26 heavy (non-hydrogen) atoms. The van der Waals surface area contributed by atoms with Crippen LogP contribution >= 0.6 is 0 Å². The quantitative estimate of drug-likeness (QED) is 0.712. The summed E-state index contributed by atoms with van der Waals surface area (Å²) >= 11 is 0. The molecule has 0 bridgehead atoms. The maximum Gasteiger partial charge on any atom is 0.416 e. The topological polar surface area (TPSA) is 29.1 Å². The van der Waals surface area contributed by atoms with Gasteiger partial charge in [0.05, 0.1) is 11.5 Å². The molecule has 1 fully saturated rings. The molecule has 1 amide bonds. The number of halogens is 4. The highest BCUT2D eigenvalue weighted by Gasteiger charge is 2.36. The van der Waals surface area contributed by atoms with E-state index in [9.17, 15) is 22.4 Å². The van der Waals surface area contributed by atoms with Crippen LogP contribution in [0.2, 0.25) is 0 Å². The van der Waals surface area contributed by atoms with Gasteiger partial charge in [-0.2, -0.15) is 13.2 Å². The number of rotatable bonds is 2. The predicted octanol–water partition coefficient (Wildman–Crippen LogP) is 5.39. The van der Waals surface area contributed by atoms with Crippen LogP contribution in [0.5, 0.6) is 0 Å². The first-order chi connectivity index (χ1) is 12.3. The second-order valence-electron chi connectivity index (χ2n) is 7.00. The van der Waals surface area contributed by atoms with Gasteiger partial charge in [-0.25, -0.2) is 4.39 Å². The first kappa shape index (κ1) is 17.1. The van der Waals surface area contributed by atoms with Crippen LogP contribution in [-0.2, 0) is 17.4 Å². The Balaban J connectivity index is 1.70. The molecular weight excluding hydrogens is 346 g/mol. The van der Waals surface area contributed by atoms with Gasteiger partial charge in [0.25, 0.3) is 0 Å². The van der Waals surface area contributed by atoms with E-state index in [1.807, 2.05) is 0 Å². The van der Waals surface area contributed by atoms with Crippen molar-refractivity contribution in [3.05, 3.63) is 64.5 Å². The standard InChI is InChI=1S/C20H17F4NO/c21-14-5-8-18-12(9-14)3-6-16(19(26)25-18)15-7-4-13(20(22,23)24)10-17(15)11-1-2-11/h4-5,7-11,16H,1-3,6H2,(H,25,26). The zero-order valence-corrected chi connectivity index (χ0v) is 13.9. The molecule has 2 aromatic rings. The van der Waals surface area contributed by atoms with Gasteiger partial charge >= 0.3 is 6.18 Å². The van der Waals surface area contributed by atoms with Crippen LogP contribution in [0, 0.1) is 5.82 Å². The van der Waals surface area contributed by atoms with Gasteiger partial charge in [-0.05, 0) is 78.6 Å². The minimum atomic E-state index is -4.40. The Hall–Kier alpha value is -2.37. The molecule has 1 unspecified atom stereocenters. The average molecular weight is 363 g/mol. The third kappa shape index (κ3) is 3.20. The summed E-state index contributed by atoms with van der Waals surface area (Å²) in [5.41, 5.74) is 1.88. The van der Waals surface area contributed by atoms with E-state index >= 15 is 0 Å². The molecule has 1 heterocycles. The molecule has 0 saturated heterocycles. The number of anilines is 1. The number of amides is 1. The van der Waals surface area contributed by atoms with Crippen molar-refractivity contribution in [1.29, 1.82) is 0 Å². The molecule has 6 heteroatoms. The van der Waals surface area contributed by atoms with Crippen molar-refractivity contribution in [1.82, 2.24) is 0 Å². The van der Waals surface area contributed by atoms with Gasteiger partial charge in [-0.1, -0.05) is 6.07 Å². The first-order valence-electron chi connectivity index (χ1n) is 8.63. The number of fused-ring (bicyclic) bond motifs is 1. The zero-order valence-electron chi connectivity index (χ0n) is 13.9. The summed E-state index contributed by atoms with van der Waals surface area (Å²) in [7, 11) is 0. The van der Waals surface area contributed by atoms with Crippen molar-refractivity contribution in [2.75, 3.05) is 5.32 Å². The third-order valence-corrected chi connectivity index (χ3v) is 5.15. The summed E-state index contributed by atoms with van der Waals surface area (Å²) in [5, 5.41) is 2.80. The lowest BCUT2D eigenvalue weighted by Crippen LogP contribution is -2.21. The van der Waals surface area contributed by atoms with Gasteiger partial charge < -0.3 is 5.32 Å². The van der Waals surface area contributed by atoms with Crippen molar-refractivity contribution in [2.45, 2.75) is 43.7 Å². The minimum absolute atomic E-state index is 0.0863. The van der Waals surface area contributed by atoms with Crippen molar-refractivity contribution < 1.29 is 22.4 Å². The molecule has 1 atom stereocenters. The van der Waals surface area contributed by atoms with Gasteiger partial charge in [0.15, 0.2) is 0 Å². The number of carbonyl (C=O) groups is 1. The van der Waals surface area contributed by atoms with Crippen molar-refractivity contribution >= 4 is 11.6 Å². The molecule has 1 aliphatic carbocycles. The number of hydrogen-bond acceptors (Lipinski definition) is 1. The highest BCUT2D eigenvalue weighted by molar-refractivity contribution is 5.97. The van der Waals surface area contributed by atoms with E-state index < -0.39 is 17.7 Å². The molecule has 0 spiro atoms. The van der Waals surface area contributed by atoms with Gasteiger partial charge in [-0.15, -0.1) is 0 Å². The fraction of sp³-hybridized carbons (Fsp3) is 0.350. The van der Waals surface area contributed by atoms with E-state index in [0.717, 1.165) is 18.9 Å². The average Bonchev–Trinajstić information content (AvgIpc) is 3.41. The number of hydrogen-bond donors (Lipinski definition) is 1. The Morgan fingerprint density at radius 1 is 0.962 bits per heavy atom.